The molecule has 33 nitrogen and oxygen atoms in total. The topological polar surface area (TPSA) is 474 Å². The Morgan fingerprint density at radius 2 is 0.689 bits per heavy atom. The molecule has 5 aromatic carbocycles. The Morgan fingerprint density at radius 1 is 0.387 bits per heavy atom. The summed E-state index contributed by atoms with van der Waals surface area (Å²) >= 11 is 0. The van der Waals surface area contributed by atoms with Gasteiger partial charge in [0.2, 0.25) is 0 Å². The summed E-state index contributed by atoms with van der Waals surface area (Å²) in [4.78, 5) is 32.5. The maximum atomic E-state index is 12.3. The molecule has 119 heavy (non-hydrogen) atoms. The van der Waals surface area contributed by atoms with Crippen LogP contribution in [0.2, 0.25) is 0 Å². The first-order chi connectivity index (χ1) is 55.9. The monoisotopic (exact) mass is 1740 g/mol. The number of nitrogens with two attached hydrogens (primary N) is 5. The van der Waals surface area contributed by atoms with Crippen LogP contribution in [0.15, 0.2) is 113 Å². The van der Waals surface area contributed by atoms with E-state index in [9.17, 15) is 51.7 Å². The van der Waals surface area contributed by atoms with E-state index in [4.69, 9.17) is 61.8 Å². The molecule has 5 aromatic rings. The fourth-order valence-corrected chi connectivity index (χ4v) is 20.9. The Hall–Kier alpha value is -9.34. The summed E-state index contributed by atoms with van der Waals surface area (Å²) in [6, 6.07) is 27.2. The lowest BCUT2D eigenvalue weighted by atomic mass is 9.97. The number of carbonyl (C=O) groups is 2. The first-order valence-electron chi connectivity index (χ1n) is 40.1. The Balaban J connectivity index is 0.000000146. The number of piperidine rings is 4. The van der Waals surface area contributed by atoms with E-state index in [0.29, 0.717) is 129 Å². The number of likely N-dealkylation sites (tertiary alicyclic amines) is 4. The van der Waals surface area contributed by atoms with E-state index in [-0.39, 0.29) is 94.5 Å². The van der Waals surface area contributed by atoms with Gasteiger partial charge in [-0.15, -0.1) is 22.0 Å². The van der Waals surface area contributed by atoms with Gasteiger partial charge in [-0.2, -0.15) is 0 Å². The van der Waals surface area contributed by atoms with Crippen LogP contribution in [0.25, 0.3) is 0 Å². The van der Waals surface area contributed by atoms with Gasteiger partial charge in [0, 0.05) is 51.9 Å². The number of carbonyl (C=O) groups excluding carboxylic acids is 2. The third-order valence-electron chi connectivity index (χ3n) is 21.1. The molecule has 2 amide bonds. The van der Waals surface area contributed by atoms with E-state index in [2.05, 4.69) is 52.7 Å². The molecule has 0 bridgehead atoms. The Kier molecular flexibility index (Phi) is 28.7. The van der Waals surface area contributed by atoms with Crippen LogP contribution in [0, 0.1) is 5.92 Å². The highest BCUT2D eigenvalue weighted by atomic mass is 32.2. The largest absolute Gasteiger partial charge is 0.493 e. The fourth-order valence-electron chi connectivity index (χ4n) is 15.4. The highest BCUT2D eigenvalue weighted by Gasteiger charge is 2.36. The van der Waals surface area contributed by atoms with Gasteiger partial charge in [-0.3, -0.25) is 0 Å². The molecule has 0 aromatic heterocycles. The lowest BCUT2D eigenvalue weighted by Gasteiger charge is -2.35. The zero-order valence-electron chi connectivity index (χ0n) is 68.9. The number of ether oxygens (including phenoxy) is 7. The highest BCUT2D eigenvalue weighted by Crippen LogP contribution is 2.37. The van der Waals surface area contributed by atoms with Crippen molar-refractivity contribution < 1.29 is 84.8 Å². The van der Waals surface area contributed by atoms with Crippen molar-refractivity contribution in [2.45, 2.75) is 209 Å². The number of nitrogens with zero attached hydrogens (tertiary/aromatic N) is 9. The van der Waals surface area contributed by atoms with Gasteiger partial charge in [-0.1, -0.05) is 67.1 Å². The Labute approximate surface area is 698 Å². The number of amides is 2. The standard InChI is InChI=1S/C19H27N3O5S.C18H25N3O5S.C16H23N3O3S.C14H19N3O3S.C14H18N2O3S/c1-19(2,3)27-18(23)22-9-7-13(8-10-22)11-26-15-6-4-5-14-12-28(24,25)21-17(20)16(14)15;1-18(2,3)26-17(22)21-9-5-7-13(10-21)25-14-8-4-6-12-11-27(23,24)20-16(19)15(12)14;1-11(2)19-8-6-13(7-9-19)22-14-5-3-4-12-10-23(20,21)18-16(17)15(12)14;1-17-7-5-11(6-8-17)20-12-4-2-3-10-9-21(18,19)16-14(15)13(10)12;15-14-13-10(9-20(17,18)16-14)5-4-8-12(13)19-11-6-2-1-3-7-11/h4-6,13H,7-12H2,1-3H3,(H2,20,21);4,6,8,13H,5,7,9-11H2,1-3H3,(H2,19,20);3-5,11,13H,6-10H2,1-2H3,(H2,17,18);2-4,11H,5-9H2,1H3,(H2,15,16);4-5,8,11H,1-3,6-7,9H2,(H2,15,16)/t;13-;;;/m.0.../s1. The zero-order valence-corrected chi connectivity index (χ0v) is 73.0. The van der Waals surface area contributed by atoms with Crippen LogP contribution in [-0.4, -0.2) is 211 Å². The minimum absolute atomic E-state index is 0.0276. The minimum Gasteiger partial charge on any atom is -0.493 e. The third kappa shape index (κ3) is 25.2. The molecule has 0 radical (unpaired) electrons. The van der Waals surface area contributed by atoms with E-state index in [1.165, 1.54) is 19.3 Å². The van der Waals surface area contributed by atoms with Crippen molar-refractivity contribution in [1.82, 2.24) is 19.6 Å². The van der Waals surface area contributed by atoms with Crippen LogP contribution < -0.4 is 52.4 Å². The molecule has 4 saturated heterocycles. The average molecular weight is 1750 g/mol. The third-order valence-corrected chi connectivity index (χ3v) is 26.8. The SMILES string of the molecule is CC(C)(C)OC(=O)N1CCC(COc2cccc3c2C(N)=NS(=O)(=O)C3)CC1.CC(C)(C)OC(=O)N1CCC[C@H](Oc2cccc3c2C(N)=NS(=O)(=O)C3)C1.CC(C)N1CCC(Oc2cccc3c2C(N)=NS(=O)(=O)C3)CC1.CN1CCC(Oc2cccc3c2C(N)=NS(=O)(=O)C3)CC1.NC1=NS(=O)(=O)Cc2cccc(OC3CCCCC3)c21. The molecule has 9 heterocycles. The van der Waals surface area contributed by atoms with Gasteiger partial charge in [0.15, 0.2) is 0 Å². The smallest absolute Gasteiger partial charge is 0.410 e. The summed E-state index contributed by atoms with van der Waals surface area (Å²) in [5.41, 5.74) is 34.4. The summed E-state index contributed by atoms with van der Waals surface area (Å²) in [6.45, 7) is 22.2. The molecule has 10 N–H and O–H groups in total. The first kappa shape index (κ1) is 90.4. The number of hydrogen-bond donors (Lipinski definition) is 5. The summed E-state index contributed by atoms with van der Waals surface area (Å²) < 4.78 is 176. The fraction of sp³-hybridized carbons (Fsp3) is 0.543. The molecule has 15 rings (SSSR count). The van der Waals surface area contributed by atoms with Crippen LogP contribution in [0.5, 0.6) is 28.7 Å². The molecular formula is C81H112N14O19S5. The summed E-state index contributed by atoms with van der Waals surface area (Å²) in [7, 11) is -15.6. The lowest BCUT2D eigenvalue weighted by Crippen LogP contribution is -2.46. The number of benzene rings is 5. The molecule has 5 fully saturated rings. The van der Waals surface area contributed by atoms with Gasteiger partial charge in [0.1, 0.15) is 87.4 Å². The molecule has 650 valence electrons. The van der Waals surface area contributed by atoms with Crippen molar-refractivity contribution in [3.05, 3.63) is 147 Å². The van der Waals surface area contributed by atoms with Crippen molar-refractivity contribution >= 4 is 91.5 Å². The highest BCUT2D eigenvalue weighted by molar-refractivity contribution is 7.90. The van der Waals surface area contributed by atoms with Crippen LogP contribution in [0.3, 0.4) is 0 Å². The van der Waals surface area contributed by atoms with Crippen molar-refractivity contribution in [1.29, 1.82) is 0 Å². The summed E-state index contributed by atoms with van der Waals surface area (Å²) in [6.07, 6.45) is 12.3. The quantitative estimate of drug-likeness (QED) is 0.0782. The number of rotatable bonds is 12. The van der Waals surface area contributed by atoms with Crippen molar-refractivity contribution in [2.75, 3.05) is 66.0 Å². The number of amidine groups is 5. The van der Waals surface area contributed by atoms with E-state index in [1.54, 1.807) is 70.5 Å². The van der Waals surface area contributed by atoms with Gasteiger partial charge < -0.3 is 81.4 Å². The normalized spacial score (nSPS) is 21.4. The molecule has 10 aliphatic rings. The molecule has 0 unspecified atom stereocenters. The summed E-state index contributed by atoms with van der Waals surface area (Å²) in [5, 5.41) is 0. The Morgan fingerprint density at radius 3 is 1.03 bits per heavy atom. The van der Waals surface area contributed by atoms with Crippen molar-refractivity contribution in [3.8, 4) is 28.7 Å². The van der Waals surface area contributed by atoms with Gasteiger partial charge in [-0.25, -0.2) is 51.7 Å². The first-order valence-corrected chi connectivity index (χ1v) is 48.2. The van der Waals surface area contributed by atoms with Crippen molar-refractivity contribution in [3.63, 3.8) is 0 Å². The second-order valence-electron chi connectivity index (χ2n) is 33.4. The van der Waals surface area contributed by atoms with Gasteiger partial charge in [-0.05, 0) is 204 Å². The van der Waals surface area contributed by atoms with Crippen LogP contribution in [0.4, 0.5) is 9.59 Å². The number of hydrogen-bond acceptors (Lipinski definition) is 26. The molecular weight excluding hydrogens is 1630 g/mol. The molecule has 9 aliphatic heterocycles. The van der Waals surface area contributed by atoms with E-state index < -0.39 is 61.3 Å². The molecule has 38 heteroatoms. The zero-order chi connectivity index (χ0) is 86.2. The van der Waals surface area contributed by atoms with Crippen LogP contribution in [0.1, 0.15) is 194 Å². The minimum atomic E-state index is -3.59. The van der Waals surface area contributed by atoms with E-state index in [0.717, 1.165) is 90.4 Å². The van der Waals surface area contributed by atoms with Gasteiger partial charge in [0.25, 0.3) is 50.1 Å². The second kappa shape index (κ2) is 37.7. The second-order valence-corrected chi connectivity index (χ2v) is 41.6. The van der Waals surface area contributed by atoms with Gasteiger partial charge >= 0.3 is 12.2 Å². The molecule has 1 aliphatic carbocycles. The van der Waals surface area contributed by atoms with Gasteiger partial charge in [0.05, 0.1) is 75.8 Å². The number of fused-ring (bicyclic) bond motifs is 5. The maximum Gasteiger partial charge on any atom is 0.410 e. The number of sulfonamides is 5. The van der Waals surface area contributed by atoms with Crippen molar-refractivity contribution in [2.24, 2.45) is 56.6 Å². The summed E-state index contributed by atoms with van der Waals surface area (Å²) in [5.74, 6) is 2.55. The maximum absolute atomic E-state index is 12.3. The predicted molar refractivity (Wildman–Crippen MR) is 455 cm³/mol. The van der Waals surface area contributed by atoms with E-state index in [1.807, 2.05) is 71.9 Å². The molecule has 1 saturated carbocycles. The van der Waals surface area contributed by atoms with E-state index >= 15 is 0 Å². The van der Waals surface area contributed by atoms with Crippen LogP contribution in [-0.2, 0) is 88.4 Å². The average Bonchev–Trinajstić information content (AvgIpc) is 0.800. The molecule has 1 atom stereocenters. The molecule has 0 spiro atoms. The lowest BCUT2D eigenvalue weighted by molar-refractivity contribution is 0.00764. The van der Waals surface area contributed by atoms with Crippen LogP contribution >= 0.6 is 0 Å². The Bertz CT molecular complexity index is 5310. The predicted octanol–water partition coefficient (Wildman–Crippen LogP) is 8.42.